The average Bonchev–Trinajstić information content (AvgIpc) is 2.70. The minimum Gasteiger partial charge on any atom is -0.352 e. The maximum absolute atomic E-state index is 12.3. The van der Waals surface area contributed by atoms with Crippen LogP contribution in [0.3, 0.4) is 0 Å². The molecule has 7 heteroatoms. The Bertz CT molecular complexity index is 547. The molecule has 0 aliphatic carbocycles. The molecule has 0 atom stereocenters. The Kier molecular flexibility index (Phi) is 5.37. The summed E-state index contributed by atoms with van der Waals surface area (Å²) < 4.78 is 29.1. The first kappa shape index (κ1) is 17.2. The Labute approximate surface area is 122 Å². The molecule has 0 fully saturated rings. The van der Waals surface area contributed by atoms with Gasteiger partial charge < -0.3 is 14.8 Å². The lowest BCUT2D eigenvalue weighted by Crippen LogP contribution is -2.48. The van der Waals surface area contributed by atoms with Crippen molar-refractivity contribution >= 4 is 10.0 Å². The predicted octanol–water partition coefficient (Wildman–Crippen LogP) is 0.363. The number of sulfonamides is 1. The molecule has 1 aromatic rings. The summed E-state index contributed by atoms with van der Waals surface area (Å²) in [5.41, 5.74) is 0.690. The van der Waals surface area contributed by atoms with Gasteiger partial charge in [0.1, 0.15) is 0 Å². The summed E-state index contributed by atoms with van der Waals surface area (Å²) in [6.45, 7) is 4.98. The summed E-state index contributed by atoms with van der Waals surface area (Å²) in [5, 5.41) is 3.02. The van der Waals surface area contributed by atoms with E-state index in [-0.39, 0.29) is 5.54 Å². The molecule has 1 aromatic heterocycles. The Morgan fingerprint density at radius 2 is 1.95 bits per heavy atom. The molecule has 1 heterocycles. The summed E-state index contributed by atoms with van der Waals surface area (Å²) in [5.74, 6) is 0. The van der Waals surface area contributed by atoms with E-state index in [0.717, 1.165) is 5.69 Å². The number of hydrogen-bond acceptors (Lipinski definition) is 4. The van der Waals surface area contributed by atoms with Crippen molar-refractivity contribution in [2.75, 3.05) is 27.7 Å². The molecule has 0 spiro atoms. The molecular formula is C13H26N4O2S. The maximum Gasteiger partial charge on any atom is 0.242 e. The smallest absolute Gasteiger partial charge is 0.242 e. The van der Waals surface area contributed by atoms with Gasteiger partial charge in [-0.2, -0.15) is 0 Å². The van der Waals surface area contributed by atoms with E-state index >= 15 is 0 Å². The van der Waals surface area contributed by atoms with E-state index in [4.69, 9.17) is 0 Å². The fraction of sp³-hybridized carbons (Fsp3) is 0.692. The Balaban J connectivity index is 2.87. The SMILES string of the molecule is CNCc1cc(S(=O)(=O)NCC(C)(C)N(C)C)cn1C. The highest BCUT2D eigenvalue weighted by Gasteiger charge is 2.25. The first-order valence-electron chi connectivity index (χ1n) is 6.57. The van der Waals surface area contributed by atoms with E-state index < -0.39 is 10.0 Å². The van der Waals surface area contributed by atoms with E-state index in [2.05, 4.69) is 10.0 Å². The van der Waals surface area contributed by atoms with Gasteiger partial charge in [-0.15, -0.1) is 0 Å². The minimum atomic E-state index is -3.47. The van der Waals surface area contributed by atoms with E-state index in [9.17, 15) is 8.42 Å². The van der Waals surface area contributed by atoms with Crippen molar-refractivity contribution in [2.24, 2.45) is 7.05 Å². The third-order valence-electron chi connectivity index (χ3n) is 3.66. The first-order valence-corrected chi connectivity index (χ1v) is 8.05. The highest BCUT2D eigenvalue weighted by atomic mass is 32.2. The lowest BCUT2D eigenvalue weighted by atomic mass is 10.1. The second-order valence-corrected chi connectivity index (χ2v) is 7.61. The number of nitrogens with one attached hydrogen (secondary N) is 2. The minimum absolute atomic E-state index is 0.240. The summed E-state index contributed by atoms with van der Waals surface area (Å²) in [4.78, 5) is 2.30. The molecule has 0 unspecified atom stereocenters. The molecule has 0 amide bonds. The normalized spacial score (nSPS) is 13.2. The molecule has 20 heavy (non-hydrogen) atoms. The molecule has 2 N–H and O–H groups in total. The number of likely N-dealkylation sites (N-methyl/N-ethyl adjacent to an activating group) is 1. The zero-order chi connectivity index (χ0) is 15.6. The molecule has 0 saturated heterocycles. The topological polar surface area (TPSA) is 66.4 Å². The van der Waals surface area contributed by atoms with Gasteiger partial charge in [0.15, 0.2) is 0 Å². The van der Waals surface area contributed by atoms with E-state index in [1.807, 2.05) is 51.5 Å². The van der Waals surface area contributed by atoms with Gasteiger partial charge in [-0.1, -0.05) is 0 Å². The Morgan fingerprint density at radius 3 is 2.45 bits per heavy atom. The van der Waals surface area contributed by atoms with Gasteiger partial charge in [0, 0.05) is 37.6 Å². The van der Waals surface area contributed by atoms with Crippen molar-refractivity contribution in [1.29, 1.82) is 0 Å². The molecule has 0 saturated carbocycles. The summed E-state index contributed by atoms with van der Waals surface area (Å²) in [7, 11) is 4.07. The van der Waals surface area contributed by atoms with Crippen LogP contribution in [0.1, 0.15) is 19.5 Å². The monoisotopic (exact) mass is 302 g/mol. The summed E-state index contributed by atoms with van der Waals surface area (Å²) >= 11 is 0. The van der Waals surface area contributed by atoms with Crippen LogP contribution in [-0.4, -0.2) is 51.1 Å². The maximum atomic E-state index is 12.3. The number of aromatic nitrogens is 1. The third-order valence-corrected chi connectivity index (χ3v) is 5.02. The molecule has 0 bridgehead atoms. The van der Waals surface area contributed by atoms with Crippen LogP contribution < -0.4 is 10.0 Å². The van der Waals surface area contributed by atoms with Gasteiger partial charge in [0.05, 0.1) is 4.90 Å². The highest BCUT2D eigenvalue weighted by molar-refractivity contribution is 7.89. The van der Waals surface area contributed by atoms with Gasteiger partial charge >= 0.3 is 0 Å². The van der Waals surface area contributed by atoms with Gasteiger partial charge in [-0.05, 0) is 41.1 Å². The molecule has 0 aromatic carbocycles. The van der Waals surface area contributed by atoms with E-state index in [1.165, 1.54) is 0 Å². The van der Waals surface area contributed by atoms with Gasteiger partial charge in [-0.25, -0.2) is 13.1 Å². The van der Waals surface area contributed by atoms with Gasteiger partial charge in [0.25, 0.3) is 0 Å². The van der Waals surface area contributed by atoms with Crippen LogP contribution in [0.4, 0.5) is 0 Å². The van der Waals surface area contributed by atoms with Gasteiger partial charge in [-0.3, -0.25) is 0 Å². The predicted molar refractivity (Wildman–Crippen MR) is 81.1 cm³/mol. The quantitative estimate of drug-likeness (QED) is 0.763. The fourth-order valence-corrected chi connectivity index (χ4v) is 2.89. The van der Waals surface area contributed by atoms with Crippen LogP contribution in [0, 0.1) is 0 Å². The number of rotatable bonds is 7. The molecule has 116 valence electrons. The molecule has 0 radical (unpaired) electrons. The van der Waals surface area contributed by atoms with Crippen molar-refractivity contribution in [2.45, 2.75) is 30.8 Å². The molecule has 6 nitrogen and oxygen atoms in total. The largest absolute Gasteiger partial charge is 0.352 e. The standard InChI is InChI=1S/C13H26N4O2S/c1-13(2,16(4)5)10-15-20(18,19)12-7-11(8-14-3)17(6)9-12/h7,9,14-15H,8,10H2,1-6H3. The number of nitrogens with zero attached hydrogens (tertiary/aromatic N) is 2. The zero-order valence-corrected chi connectivity index (χ0v) is 14.0. The second kappa shape index (κ2) is 6.26. The molecule has 1 rings (SSSR count). The zero-order valence-electron chi connectivity index (χ0n) is 13.2. The molecule has 0 aliphatic rings. The lowest BCUT2D eigenvalue weighted by Gasteiger charge is -2.32. The summed E-state index contributed by atoms with van der Waals surface area (Å²) in [6, 6.07) is 1.70. The molecule has 0 aliphatic heterocycles. The summed E-state index contributed by atoms with van der Waals surface area (Å²) in [6.07, 6.45) is 1.64. The van der Waals surface area contributed by atoms with Crippen molar-refractivity contribution in [3.8, 4) is 0 Å². The van der Waals surface area contributed by atoms with E-state index in [0.29, 0.717) is 18.0 Å². The second-order valence-electron chi connectivity index (χ2n) is 5.84. The van der Waals surface area contributed by atoms with Crippen molar-refractivity contribution < 1.29 is 8.42 Å². The van der Waals surface area contributed by atoms with Crippen molar-refractivity contribution in [3.63, 3.8) is 0 Å². The third kappa shape index (κ3) is 4.05. The fourth-order valence-electron chi connectivity index (χ4n) is 1.59. The van der Waals surface area contributed by atoms with Crippen LogP contribution in [-0.2, 0) is 23.6 Å². The van der Waals surface area contributed by atoms with Crippen LogP contribution in [0.15, 0.2) is 17.2 Å². The van der Waals surface area contributed by atoms with Gasteiger partial charge in [0.2, 0.25) is 10.0 Å². The Morgan fingerprint density at radius 1 is 1.35 bits per heavy atom. The molecular weight excluding hydrogens is 276 g/mol. The van der Waals surface area contributed by atoms with Crippen molar-refractivity contribution in [1.82, 2.24) is 19.5 Å². The average molecular weight is 302 g/mol. The van der Waals surface area contributed by atoms with Crippen molar-refractivity contribution in [3.05, 3.63) is 18.0 Å². The van der Waals surface area contributed by atoms with Crippen LogP contribution in [0.5, 0.6) is 0 Å². The van der Waals surface area contributed by atoms with Crippen LogP contribution >= 0.6 is 0 Å². The first-order chi connectivity index (χ1) is 9.10. The van der Waals surface area contributed by atoms with Crippen LogP contribution in [0.25, 0.3) is 0 Å². The highest BCUT2D eigenvalue weighted by Crippen LogP contribution is 2.15. The lowest BCUT2D eigenvalue weighted by molar-refractivity contribution is 0.199. The van der Waals surface area contributed by atoms with Crippen LogP contribution in [0.2, 0.25) is 0 Å². The number of aryl methyl sites for hydroxylation is 1. The number of hydrogen-bond donors (Lipinski definition) is 2. The van der Waals surface area contributed by atoms with E-state index in [1.54, 1.807) is 12.3 Å². The Hall–Kier alpha value is -0.890.